The van der Waals surface area contributed by atoms with Crippen LogP contribution in [0.5, 0.6) is 0 Å². The highest BCUT2D eigenvalue weighted by molar-refractivity contribution is 7.15. The van der Waals surface area contributed by atoms with E-state index in [0.717, 1.165) is 45.6 Å². The van der Waals surface area contributed by atoms with Gasteiger partial charge >= 0.3 is 0 Å². The molecule has 108 valence electrons. The lowest BCUT2D eigenvalue weighted by atomic mass is 9.83. The van der Waals surface area contributed by atoms with Crippen LogP contribution in [0.2, 0.25) is 0 Å². The predicted octanol–water partition coefficient (Wildman–Crippen LogP) is 2.87. The summed E-state index contributed by atoms with van der Waals surface area (Å²) in [5, 5.41) is 10.5. The van der Waals surface area contributed by atoms with Crippen LogP contribution in [0.25, 0.3) is 0 Å². The first-order chi connectivity index (χ1) is 9.68. The van der Waals surface area contributed by atoms with Crippen molar-refractivity contribution in [2.45, 2.75) is 39.2 Å². The summed E-state index contributed by atoms with van der Waals surface area (Å²) in [6, 6.07) is 2.48. The van der Waals surface area contributed by atoms with Crippen molar-refractivity contribution in [1.82, 2.24) is 9.88 Å². The van der Waals surface area contributed by atoms with E-state index in [4.69, 9.17) is 0 Å². The minimum atomic E-state index is -0.166. The van der Waals surface area contributed by atoms with Gasteiger partial charge < -0.3 is 4.90 Å². The first-order valence-corrected chi connectivity index (χ1v) is 8.33. The molecule has 2 aliphatic rings. The number of hydrogen-bond acceptors (Lipinski definition) is 5. The van der Waals surface area contributed by atoms with Crippen molar-refractivity contribution in [3.05, 3.63) is 11.1 Å². The molecule has 1 aromatic heterocycles. The topological polar surface area (TPSA) is 43.2 Å². The lowest BCUT2D eigenvalue weighted by Crippen LogP contribution is -2.40. The van der Waals surface area contributed by atoms with Gasteiger partial charge in [-0.1, -0.05) is 0 Å². The average Bonchev–Trinajstić information content (AvgIpc) is 3.09. The first-order valence-electron chi connectivity index (χ1n) is 7.52. The monoisotopic (exact) mass is 290 g/mol. The van der Waals surface area contributed by atoms with E-state index >= 15 is 0 Å². The van der Waals surface area contributed by atoms with Gasteiger partial charge in [0.15, 0.2) is 5.13 Å². The molecule has 4 nitrogen and oxygen atoms in total. The maximum atomic E-state index is 9.29. The second kappa shape index (κ2) is 5.71. The van der Waals surface area contributed by atoms with E-state index in [1.165, 1.54) is 22.9 Å². The van der Waals surface area contributed by atoms with Crippen LogP contribution in [0.3, 0.4) is 0 Å². The van der Waals surface area contributed by atoms with Gasteiger partial charge in [0.05, 0.1) is 11.5 Å². The summed E-state index contributed by atoms with van der Waals surface area (Å²) in [5.74, 6) is 0. The van der Waals surface area contributed by atoms with Gasteiger partial charge in [0.25, 0.3) is 0 Å². The highest BCUT2D eigenvalue weighted by Crippen LogP contribution is 2.31. The highest BCUT2D eigenvalue weighted by atomic mass is 32.1. The number of aromatic nitrogens is 1. The molecule has 2 aliphatic heterocycles. The van der Waals surface area contributed by atoms with Crippen molar-refractivity contribution in [2.24, 2.45) is 5.41 Å². The van der Waals surface area contributed by atoms with Gasteiger partial charge in [-0.3, -0.25) is 4.90 Å². The van der Waals surface area contributed by atoms with Gasteiger partial charge in [0.2, 0.25) is 0 Å². The van der Waals surface area contributed by atoms with Crippen LogP contribution in [0.4, 0.5) is 5.13 Å². The third-order valence-corrected chi connectivity index (χ3v) is 5.39. The van der Waals surface area contributed by atoms with Crippen LogP contribution in [-0.4, -0.2) is 36.1 Å². The fourth-order valence-electron chi connectivity index (χ4n) is 3.22. The van der Waals surface area contributed by atoms with E-state index in [1.54, 1.807) is 0 Å². The van der Waals surface area contributed by atoms with Crippen LogP contribution in [-0.2, 0) is 6.54 Å². The van der Waals surface area contributed by atoms with Gasteiger partial charge in [-0.2, -0.15) is 5.26 Å². The zero-order valence-corrected chi connectivity index (χ0v) is 13.0. The second-order valence-corrected chi connectivity index (χ2v) is 7.38. The lowest BCUT2D eigenvalue weighted by molar-refractivity contribution is 0.138. The van der Waals surface area contributed by atoms with Crippen molar-refractivity contribution in [3.63, 3.8) is 0 Å². The Bertz CT molecular complexity index is 500. The first kappa shape index (κ1) is 13.8. The SMILES string of the molecule is CC1(C#N)CCCN(Cc2cnc(N3CCCC3)s2)C1. The summed E-state index contributed by atoms with van der Waals surface area (Å²) in [6.45, 7) is 7.34. The standard InChI is InChI=1S/C15H22N4S/c1-15(11-16)5-4-6-18(12-15)10-13-9-17-14(20-13)19-7-2-3-8-19/h9H,2-8,10,12H2,1H3. The molecule has 0 amide bonds. The maximum Gasteiger partial charge on any atom is 0.185 e. The van der Waals surface area contributed by atoms with Gasteiger partial charge in [0, 0.05) is 37.3 Å². The van der Waals surface area contributed by atoms with Gasteiger partial charge in [-0.15, -0.1) is 11.3 Å². The summed E-state index contributed by atoms with van der Waals surface area (Å²) in [6.07, 6.45) is 6.77. The summed E-state index contributed by atoms with van der Waals surface area (Å²) < 4.78 is 0. The van der Waals surface area contributed by atoms with E-state index < -0.39 is 0 Å². The number of likely N-dealkylation sites (tertiary alicyclic amines) is 1. The highest BCUT2D eigenvalue weighted by Gasteiger charge is 2.31. The molecule has 2 saturated heterocycles. The molecule has 3 heterocycles. The minimum Gasteiger partial charge on any atom is -0.348 e. The Morgan fingerprint density at radius 1 is 1.35 bits per heavy atom. The zero-order valence-electron chi connectivity index (χ0n) is 12.1. The van der Waals surface area contributed by atoms with Crippen molar-refractivity contribution in [2.75, 3.05) is 31.1 Å². The van der Waals surface area contributed by atoms with Crippen LogP contribution >= 0.6 is 11.3 Å². The molecule has 0 bridgehead atoms. The van der Waals surface area contributed by atoms with Crippen LogP contribution in [0, 0.1) is 16.7 Å². The van der Waals surface area contributed by atoms with Crippen LogP contribution in [0.1, 0.15) is 37.5 Å². The summed E-state index contributed by atoms with van der Waals surface area (Å²) in [7, 11) is 0. The summed E-state index contributed by atoms with van der Waals surface area (Å²) in [4.78, 5) is 10.7. The fraction of sp³-hybridized carbons (Fsp3) is 0.733. The number of anilines is 1. The van der Waals surface area contributed by atoms with Crippen LogP contribution < -0.4 is 4.90 Å². The van der Waals surface area contributed by atoms with E-state index in [2.05, 4.69) is 27.8 Å². The van der Waals surface area contributed by atoms with Crippen molar-refractivity contribution >= 4 is 16.5 Å². The number of piperidine rings is 1. The molecule has 0 spiro atoms. The summed E-state index contributed by atoms with van der Waals surface area (Å²) >= 11 is 1.82. The molecule has 3 rings (SSSR count). The zero-order chi connectivity index (χ0) is 14.0. The molecule has 0 aliphatic carbocycles. The molecule has 0 radical (unpaired) electrons. The van der Waals surface area contributed by atoms with E-state index in [9.17, 15) is 5.26 Å². The normalized spacial score (nSPS) is 27.7. The molecule has 1 unspecified atom stereocenters. The Hall–Kier alpha value is -1.12. The number of nitriles is 1. The average molecular weight is 290 g/mol. The molecule has 5 heteroatoms. The number of rotatable bonds is 3. The van der Waals surface area contributed by atoms with Crippen molar-refractivity contribution in [3.8, 4) is 6.07 Å². The van der Waals surface area contributed by atoms with Crippen molar-refractivity contribution < 1.29 is 0 Å². The molecular formula is C15H22N4S. The predicted molar refractivity (Wildman–Crippen MR) is 81.8 cm³/mol. The van der Waals surface area contributed by atoms with Crippen molar-refractivity contribution in [1.29, 1.82) is 5.26 Å². The van der Waals surface area contributed by atoms with Gasteiger partial charge in [0.1, 0.15) is 0 Å². The molecule has 2 fully saturated rings. The Labute approximate surface area is 125 Å². The molecule has 0 saturated carbocycles. The molecule has 0 N–H and O–H groups in total. The fourth-order valence-corrected chi connectivity index (χ4v) is 4.22. The third kappa shape index (κ3) is 2.97. The molecular weight excluding hydrogens is 268 g/mol. The maximum absolute atomic E-state index is 9.29. The largest absolute Gasteiger partial charge is 0.348 e. The van der Waals surface area contributed by atoms with E-state index in [0.29, 0.717) is 0 Å². The van der Waals surface area contributed by atoms with E-state index in [1.807, 2.05) is 17.5 Å². The van der Waals surface area contributed by atoms with Gasteiger partial charge in [-0.05, 0) is 39.2 Å². The lowest BCUT2D eigenvalue weighted by Gasteiger charge is -2.35. The quantitative estimate of drug-likeness (QED) is 0.858. The number of nitrogens with zero attached hydrogens (tertiary/aromatic N) is 4. The van der Waals surface area contributed by atoms with Crippen LogP contribution in [0.15, 0.2) is 6.20 Å². The molecule has 0 aromatic carbocycles. The Kier molecular flexibility index (Phi) is 3.95. The number of hydrogen-bond donors (Lipinski definition) is 0. The minimum absolute atomic E-state index is 0.166. The Morgan fingerprint density at radius 3 is 2.90 bits per heavy atom. The molecule has 20 heavy (non-hydrogen) atoms. The Morgan fingerprint density at radius 2 is 2.15 bits per heavy atom. The second-order valence-electron chi connectivity index (χ2n) is 6.29. The Balaban J connectivity index is 1.62. The van der Waals surface area contributed by atoms with E-state index in [-0.39, 0.29) is 5.41 Å². The molecule has 1 atom stereocenters. The third-order valence-electron chi connectivity index (χ3n) is 4.34. The summed E-state index contributed by atoms with van der Waals surface area (Å²) in [5.41, 5.74) is -0.166. The number of thiazole rings is 1. The smallest absolute Gasteiger partial charge is 0.185 e. The molecule has 1 aromatic rings. The van der Waals surface area contributed by atoms with Gasteiger partial charge in [-0.25, -0.2) is 4.98 Å².